The molecule has 0 spiro atoms. The van der Waals surface area contributed by atoms with Crippen molar-refractivity contribution in [3.63, 3.8) is 0 Å². The summed E-state index contributed by atoms with van der Waals surface area (Å²) < 4.78 is 0. The largest absolute Gasteiger partial charge is 0.477 e. The molecule has 2 N–H and O–H groups in total. The second kappa shape index (κ2) is 5.36. The lowest BCUT2D eigenvalue weighted by Gasteiger charge is -2.33. The Bertz CT molecular complexity index is 509. The Morgan fingerprint density at radius 3 is 2.74 bits per heavy atom. The van der Waals surface area contributed by atoms with E-state index >= 15 is 0 Å². The fourth-order valence-electron chi connectivity index (χ4n) is 2.46. The van der Waals surface area contributed by atoms with Crippen molar-refractivity contribution >= 4 is 11.7 Å². The Morgan fingerprint density at radius 2 is 2.21 bits per heavy atom. The maximum absolute atomic E-state index is 11.2. The lowest BCUT2D eigenvalue weighted by Crippen LogP contribution is -2.39. The normalized spacial score (nSPS) is 21.7. The van der Waals surface area contributed by atoms with Crippen molar-refractivity contribution < 1.29 is 14.8 Å². The summed E-state index contributed by atoms with van der Waals surface area (Å²) in [4.78, 5) is 21.4. The number of nitro groups is 1. The monoisotopic (exact) mass is 264 g/mol. The van der Waals surface area contributed by atoms with Gasteiger partial charge in [0.05, 0.1) is 4.92 Å². The van der Waals surface area contributed by atoms with Gasteiger partial charge in [0.1, 0.15) is 5.56 Å². The van der Waals surface area contributed by atoms with Crippen LogP contribution in [0, 0.1) is 16.0 Å². The topological polar surface area (TPSA) is 92.5 Å². The molecule has 0 heterocycles. The van der Waals surface area contributed by atoms with Crippen LogP contribution in [0.15, 0.2) is 18.2 Å². The number of nitrogens with one attached hydrogen (secondary N) is 1. The van der Waals surface area contributed by atoms with Gasteiger partial charge in [-0.3, -0.25) is 10.1 Å². The van der Waals surface area contributed by atoms with E-state index in [1.54, 1.807) is 6.07 Å². The fraction of sp³-hybridized carbons (Fsp3) is 0.462. The summed E-state index contributed by atoms with van der Waals surface area (Å²) in [6, 6.07) is 4.74. The molecule has 0 atom stereocenters. The number of nitro benzene ring substituents is 1. The Labute approximate surface area is 110 Å². The quantitative estimate of drug-likeness (QED) is 0.628. The van der Waals surface area contributed by atoms with Crippen LogP contribution in [0.2, 0.25) is 0 Å². The molecule has 0 aromatic heterocycles. The standard InChI is InChI=1S/C13H16N2O4/c1-8-5-10(6-8)14-7-9-3-2-4-11(15(18)19)12(9)13(16)17/h2-4,8,10,14H,5-7H2,1H3,(H,16,17). The van der Waals surface area contributed by atoms with Gasteiger partial charge in [-0.2, -0.15) is 0 Å². The zero-order valence-electron chi connectivity index (χ0n) is 10.6. The van der Waals surface area contributed by atoms with Crippen LogP contribution in [-0.2, 0) is 6.54 Å². The molecule has 1 aromatic carbocycles. The lowest BCUT2D eigenvalue weighted by molar-refractivity contribution is -0.385. The van der Waals surface area contributed by atoms with E-state index in [-0.39, 0.29) is 11.3 Å². The number of nitrogens with zero attached hydrogens (tertiary/aromatic N) is 1. The van der Waals surface area contributed by atoms with E-state index in [0.717, 1.165) is 12.8 Å². The van der Waals surface area contributed by atoms with Gasteiger partial charge in [-0.1, -0.05) is 19.1 Å². The van der Waals surface area contributed by atoms with Crippen LogP contribution in [0.3, 0.4) is 0 Å². The molecular formula is C13H16N2O4. The number of hydrogen-bond donors (Lipinski definition) is 2. The number of rotatable bonds is 5. The average molecular weight is 264 g/mol. The second-order valence-electron chi connectivity index (χ2n) is 5.03. The van der Waals surface area contributed by atoms with Crippen molar-refractivity contribution in [1.29, 1.82) is 0 Å². The van der Waals surface area contributed by atoms with Crippen LogP contribution in [0.4, 0.5) is 5.69 Å². The highest BCUT2D eigenvalue weighted by Crippen LogP contribution is 2.27. The molecule has 1 aliphatic carbocycles. The highest BCUT2D eigenvalue weighted by atomic mass is 16.6. The van der Waals surface area contributed by atoms with Gasteiger partial charge in [0.2, 0.25) is 0 Å². The van der Waals surface area contributed by atoms with Gasteiger partial charge < -0.3 is 10.4 Å². The smallest absolute Gasteiger partial charge is 0.343 e. The molecular weight excluding hydrogens is 248 g/mol. The van der Waals surface area contributed by atoms with Gasteiger partial charge in [-0.15, -0.1) is 0 Å². The van der Waals surface area contributed by atoms with Crippen LogP contribution in [0.25, 0.3) is 0 Å². The molecule has 0 unspecified atom stereocenters. The van der Waals surface area contributed by atoms with Gasteiger partial charge >= 0.3 is 5.97 Å². The van der Waals surface area contributed by atoms with Crippen molar-refractivity contribution in [2.24, 2.45) is 5.92 Å². The van der Waals surface area contributed by atoms with Crippen molar-refractivity contribution in [3.8, 4) is 0 Å². The SMILES string of the molecule is CC1CC(NCc2cccc([N+](=O)[O-])c2C(=O)O)C1. The first-order valence-electron chi connectivity index (χ1n) is 6.22. The Morgan fingerprint density at radius 1 is 1.53 bits per heavy atom. The maximum atomic E-state index is 11.2. The predicted molar refractivity (Wildman–Crippen MR) is 69.1 cm³/mol. The molecule has 0 aliphatic heterocycles. The third-order valence-corrected chi connectivity index (χ3v) is 3.49. The minimum absolute atomic E-state index is 0.215. The fourth-order valence-corrected chi connectivity index (χ4v) is 2.46. The summed E-state index contributed by atoms with van der Waals surface area (Å²) in [5, 5.41) is 23.2. The van der Waals surface area contributed by atoms with Gasteiger partial charge in [0.15, 0.2) is 0 Å². The molecule has 1 saturated carbocycles. The molecule has 6 heteroatoms. The van der Waals surface area contributed by atoms with E-state index < -0.39 is 10.9 Å². The zero-order chi connectivity index (χ0) is 14.0. The Balaban J connectivity index is 2.17. The third kappa shape index (κ3) is 2.90. The molecule has 102 valence electrons. The number of aromatic carboxylic acids is 1. The van der Waals surface area contributed by atoms with Gasteiger partial charge in [0.25, 0.3) is 5.69 Å². The van der Waals surface area contributed by atoms with Gasteiger partial charge in [0, 0.05) is 18.7 Å². The number of carboxylic acids is 1. The Hall–Kier alpha value is -1.95. The summed E-state index contributed by atoms with van der Waals surface area (Å²) >= 11 is 0. The summed E-state index contributed by atoms with van der Waals surface area (Å²) in [5.41, 5.74) is -0.109. The van der Waals surface area contributed by atoms with Crippen LogP contribution in [-0.4, -0.2) is 22.0 Å². The molecule has 2 rings (SSSR count). The minimum Gasteiger partial charge on any atom is -0.477 e. The highest BCUT2D eigenvalue weighted by Gasteiger charge is 2.27. The number of hydrogen-bond acceptors (Lipinski definition) is 4. The van der Waals surface area contributed by atoms with E-state index in [0.29, 0.717) is 24.1 Å². The molecule has 0 saturated heterocycles. The predicted octanol–water partition coefficient (Wildman–Crippen LogP) is 2.18. The van der Waals surface area contributed by atoms with E-state index in [1.165, 1.54) is 12.1 Å². The molecule has 1 aliphatic rings. The Kier molecular flexibility index (Phi) is 3.80. The van der Waals surface area contributed by atoms with Crippen molar-refractivity contribution in [1.82, 2.24) is 5.32 Å². The first-order chi connectivity index (χ1) is 8.99. The highest BCUT2D eigenvalue weighted by molar-refractivity contribution is 5.94. The van der Waals surface area contributed by atoms with Crippen molar-refractivity contribution in [2.45, 2.75) is 32.4 Å². The molecule has 0 amide bonds. The molecule has 1 fully saturated rings. The van der Waals surface area contributed by atoms with Crippen LogP contribution in [0.1, 0.15) is 35.7 Å². The lowest BCUT2D eigenvalue weighted by atomic mass is 9.82. The number of carboxylic acid groups (broad SMARTS) is 1. The maximum Gasteiger partial charge on any atom is 0.343 e. The second-order valence-corrected chi connectivity index (χ2v) is 5.03. The van der Waals surface area contributed by atoms with Gasteiger partial charge in [-0.05, 0) is 24.3 Å². The van der Waals surface area contributed by atoms with Gasteiger partial charge in [-0.25, -0.2) is 4.79 Å². The summed E-state index contributed by atoms with van der Waals surface area (Å²) in [7, 11) is 0. The van der Waals surface area contributed by atoms with E-state index in [9.17, 15) is 14.9 Å². The van der Waals surface area contributed by atoms with Crippen molar-refractivity contribution in [2.75, 3.05) is 0 Å². The van der Waals surface area contributed by atoms with Crippen LogP contribution < -0.4 is 5.32 Å². The van der Waals surface area contributed by atoms with Crippen molar-refractivity contribution in [3.05, 3.63) is 39.4 Å². The van der Waals surface area contributed by atoms with Crippen LogP contribution >= 0.6 is 0 Å². The van der Waals surface area contributed by atoms with E-state index in [4.69, 9.17) is 5.11 Å². The number of carbonyl (C=O) groups is 1. The first kappa shape index (κ1) is 13.5. The van der Waals surface area contributed by atoms with E-state index in [2.05, 4.69) is 12.2 Å². The summed E-state index contributed by atoms with van der Waals surface area (Å²) in [6.07, 6.45) is 2.13. The van der Waals surface area contributed by atoms with E-state index in [1.807, 2.05) is 0 Å². The summed E-state index contributed by atoms with van der Waals surface area (Å²) in [5.74, 6) is -0.562. The third-order valence-electron chi connectivity index (χ3n) is 3.49. The van der Waals surface area contributed by atoms with Crippen LogP contribution in [0.5, 0.6) is 0 Å². The molecule has 1 aromatic rings. The minimum atomic E-state index is -1.26. The zero-order valence-corrected chi connectivity index (χ0v) is 10.6. The number of benzene rings is 1. The first-order valence-corrected chi connectivity index (χ1v) is 6.22. The molecule has 0 radical (unpaired) electrons. The molecule has 19 heavy (non-hydrogen) atoms. The average Bonchev–Trinajstić information content (AvgIpc) is 2.32. The molecule has 0 bridgehead atoms. The molecule has 6 nitrogen and oxygen atoms in total. The summed E-state index contributed by atoms with van der Waals surface area (Å²) in [6.45, 7) is 2.51.